The van der Waals surface area contributed by atoms with Crippen molar-refractivity contribution in [2.24, 2.45) is 5.92 Å². The molecule has 1 rings (SSSR count). The largest absolute Gasteiger partial charge is 0.315 e. The summed E-state index contributed by atoms with van der Waals surface area (Å²) in [4.78, 5) is 2.57. The number of rotatable bonds is 8. The topological polar surface area (TPSA) is 27.3 Å². The van der Waals surface area contributed by atoms with Crippen LogP contribution >= 0.6 is 0 Å². The lowest BCUT2D eigenvalue weighted by Gasteiger charge is -2.19. The lowest BCUT2D eigenvalue weighted by Crippen LogP contribution is -2.34. The predicted octanol–water partition coefficient (Wildman–Crippen LogP) is 1.70. The predicted molar refractivity (Wildman–Crippen MR) is 75.5 cm³/mol. The van der Waals surface area contributed by atoms with Gasteiger partial charge in [-0.15, -0.1) is 0 Å². The van der Waals surface area contributed by atoms with E-state index in [0.717, 1.165) is 19.0 Å². The summed E-state index contributed by atoms with van der Waals surface area (Å²) in [5.41, 5.74) is 0. The van der Waals surface area contributed by atoms with Crippen LogP contribution in [0.15, 0.2) is 0 Å². The molecule has 1 aliphatic heterocycles. The third-order valence-corrected chi connectivity index (χ3v) is 3.42. The zero-order chi connectivity index (χ0) is 12.3. The zero-order valence-electron chi connectivity index (χ0n) is 11.8. The summed E-state index contributed by atoms with van der Waals surface area (Å²) in [5, 5.41) is 7.01. The molecule has 0 aromatic heterocycles. The van der Waals surface area contributed by atoms with Gasteiger partial charge in [0.2, 0.25) is 0 Å². The molecule has 0 unspecified atom stereocenters. The molecule has 3 nitrogen and oxygen atoms in total. The van der Waals surface area contributed by atoms with E-state index in [1.165, 1.54) is 58.4 Å². The molecule has 0 aromatic rings. The summed E-state index contributed by atoms with van der Waals surface area (Å²) < 4.78 is 0. The first-order chi connectivity index (χ1) is 8.29. The first-order valence-corrected chi connectivity index (χ1v) is 7.43. The van der Waals surface area contributed by atoms with Gasteiger partial charge in [-0.25, -0.2) is 0 Å². The minimum atomic E-state index is 0.861. The number of nitrogens with one attached hydrogen (secondary N) is 2. The van der Waals surface area contributed by atoms with Crippen molar-refractivity contribution in [3.05, 3.63) is 0 Å². The fourth-order valence-corrected chi connectivity index (χ4v) is 2.29. The molecule has 2 N–H and O–H groups in total. The van der Waals surface area contributed by atoms with Gasteiger partial charge in [-0.1, -0.05) is 26.7 Å². The Kier molecular flexibility index (Phi) is 8.67. The van der Waals surface area contributed by atoms with E-state index >= 15 is 0 Å². The third kappa shape index (κ3) is 8.58. The molecule has 0 saturated carbocycles. The van der Waals surface area contributed by atoms with Gasteiger partial charge in [-0.2, -0.15) is 0 Å². The van der Waals surface area contributed by atoms with Crippen LogP contribution < -0.4 is 10.6 Å². The van der Waals surface area contributed by atoms with E-state index in [1.54, 1.807) is 0 Å². The van der Waals surface area contributed by atoms with Crippen molar-refractivity contribution in [1.82, 2.24) is 15.5 Å². The highest BCUT2D eigenvalue weighted by Gasteiger charge is 2.06. The van der Waals surface area contributed by atoms with E-state index < -0.39 is 0 Å². The lowest BCUT2D eigenvalue weighted by molar-refractivity contribution is 0.291. The fourth-order valence-electron chi connectivity index (χ4n) is 2.29. The maximum atomic E-state index is 3.56. The van der Waals surface area contributed by atoms with Crippen molar-refractivity contribution in [2.75, 3.05) is 45.8 Å². The molecule has 0 radical (unpaired) electrons. The van der Waals surface area contributed by atoms with Gasteiger partial charge in [0.25, 0.3) is 0 Å². The quantitative estimate of drug-likeness (QED) is 0.633. The SMILES string of the molecule is CC(C)CCCCNCCN1CCCNCC1. The normalized spacial score (nSPS) is 18.5. The molecule has 0 bridgehead atoms. The highest BCUT2D eigenvalue weighted by molar-refractivity contribution is 4.66. The van der Waals surface area contributed by atoms with Crippen LogP contribution in [0.4, 0.5) is 0 Å². The average Bonchev–Trinajstić information content (AvgIpc) is 2.56. The molecule has 0 amide bonds. The number of nitrogens with zero attached hydrogens (tertiary/aromatic N) is 1. The maximum absolute atomic E-state index is 3.56. The summed E-state index contributed by atoms with van der Waals surface area (Å²) in [6, 6.07) is 0. The molecule has 102 valence electrons. The number of hydrogen-bond donors (Lipinski definition) is 2. The Hall–Kier alpha value is -0.120. The van der Waals surface area contributed by atoms with Crippen LogP contribution in [0.3, 0.4) is 0 Å². The molecule has 1 heterocycles. The van der Waals surface area contributed by atoms with Crippen molar-refractivity contribution in [3.8, 4) is 0 Å². The van der Waals surface area contributed by atoms with Crippen LogP contribution in [0.25, 0.3) is 0 Å². The van der Waals surface area contributed by atoms with Gasteiger partial charge >= 0.3 is 0 Å². The molecule has 1 aliphatic rings. The summed E-state index contributed by atoms with van der Waals surface area (Å²) in [6.45, 7) is 13.0. The Morgan fingerprint density at radius 2 is 2.00 bits per heavy atom. The van der Waals surface area contributed by atoms with Crippen molar-refractivity contribution in [3.63, 3.8) is 0 Å². The molecule has 1 saturated heterocycles. The van der Waals surface area contributed by atoms with E-state index in [0.29, 0.717) is 0 Å². The summed E-state index contributed by atoms with van der Waals surface area (Å²) in [7, 11) is 0. The Balaban J connectivity index is 1.86. The van der Waals surface area contributed by atoms with E-state index in [1.807, 2.05) is 0 Å². The minimum Gasteiger partial charge on any atom is -0.315 e. The lowest BCUT2D eigenvalue weighted by atomic mass is 10.1. The average molecular weight is 241 g/mol. The van der Waals surface area contributed by atoms with Gasteiger partial charge < -0.3 is 15.5 Å². The van der Waals surface area contributed by atoms with E-state index in [2.05, 4.69) is 29.4 Å². The van der Waals surface area contributed by atoms with Crippen LogP contribution in [0.2, 0.25) is 0 Å². The smallest absolute Gasteiger partial charge is 0.0107 e. The Labute approximate surface area is 107 Å². The second-order valence-electron chi connectivity index (χ2n) is 5.58. The van der Waals surface area contributed by atoms with Crippen LogP contribution in [0, 0.1) is 5.92 Å². The van der Waals surface area contributed by atoms with Gasteiger partial charge in [0.05, 0.1) is 0 Å². The summed E-state index contributed by atoms with van der Waals surface area (Å²) >= 11 is 0. The molecule has 1 fully saturated rings. The standard InChI is InChI=1S/C14H31N3/c1-14(2)6-3-4-7-15-9-12-17-11-5-8-16-10-13-17/h14-16H,3-13H2,1-2H3. The van der Waals surface area contributed by atoms with E-state index in [4.69, 9.17) is 0 Å². The van der Waals surface area contributed by atoms with Gasteiger partial charge in [0, 0.05) is 26.2 Å². The first-order valence-electron chi connectivity index (χ1n) is 7.43. The van der Waals surface area contributed by atoms with Crippen molar-refractivity contribution < 1.29 is 0 Å². The van der Waals surface area contributed by atoms with Gasteiger partial charge in [0.1, 0.15) is 0 Å². The van der Waals surface area contributed by atoms with Crippen LogP contribution in [-0.2, 0) is 0 Å². The number of hydrogen-bond acceptors (Lipinski definition) is 3. The molecular formula is C14H31N3. The second kappa shape index (κ2) is 9.86. The highest BCUT2D eigenvalue weighted by atomic mass is 15.2. The molecule has 3 heteroatoms. The minimum absolute atomic E-state index is 0.861. The fraction of sp³-hybridized carbons (Fsp3) is 1.00. The molecule has 0 aromatic carbocycles. The molecule has 0 aliphatic carbocycles. The zero-order valence-corrected chi connectivity index (χ0v) is 11.8. The Morgan fingerprint density at radius 1 is 1.12 bits per heavy atom. The second-order valence-corrected chi connectivity index (χ2v) is 5.58. The Bertz CT molecular complexity index is 163. The highest BCUT2D eigenvalue weighted by Crippen LogP contribution is 2.04. The maximum Gasteiger partial charge on any atom is 0.0107 e. The molecule has 17 heavy (non-hydrogen) atoms. The summed E-state index contributed by atoms with van der Waals surface area (Å²) in [5.74, 6) is 0.861. The van der Waals surface area contributed by atoms with Crippen LogP contribution in [0.5, 0.6) is 0 Å². The van der Waals surface area contributed by atoms with Crippen LogP contribution in [0.1, 0.15) is 39.5 Å². The van der Waals surface area contributed by atoms with Crippen molar-refractivity contribution >= 4 is 0 Å². The van der Waals surface area contributed by atoms with Gasteiger partial charge in [0.15, 0.2) is 0 Å². The van der Waals surface area contributed by atoms with E-state index in [9.17, 15) is 0 Å². The van der Waals surface area contributed by atoms with Gasteiger partial charge in [-0.3, -0.25) is 0 Å². The van der Waals surface area contributed by atoms with E-state index in [-0.39, 0.29) is 0 Å². The molecular weight excluding hydrogens is 210 g/mol. The molecule has 0 atom stereocenters. The Morgan fingerprint density at radius 3 is 2.82 bits per heavy atom. The van der Waals surface area contributed by atoms with Crippen molar-refractivity contribution in [1.29, 1.82) is 0 Å². The van der Waals surface area contributed by atoms with Crippen LogP contribution in [-0.4, -0.2) is 50.7 Å². The monoisotopic (exact) mass is 241 g/mol. The summed E-state index contributed by atoms with van der Waals surface area (Å²) in [6.07, 6.45) is 5.38. The number of unbranched alkanes of at least 4 members (excludes halogenated alkanes) is 1. The van der Waals surface area contributed by atoms with Crippen molar-refractivity contribution in [2.45, 2.75) is 39.5 Å². The third-order valence-electron chi connectivity index (χ3n) is 3.42. The van der Waals surface area contributed by atoms with Gasteiger partial charge in [-0.05, 0) is 38.4 Å². The molecule has 0 spiro atoms. The first kappa shape index (κ1) is 14.9.